The van der Waals surface area contributed by atoms with E-state index in [-0.39, 0.29) is 27.8 Å². The maximum Gasteiger partial charge on any atom is 0.294 e. The molecular weight excluding hydrogens is 384 g/mol. The number of hydrogen-bond donors (Lipinski definition) is 1. The molecule has 0 spiro atoms. The fourth-order valence-electron chi connectivity index (χ4n) is 2.26. The molecule has 0 saturated heterocycles. The molecule has 1 N–H and O–H groups in total. The molecule has 138 valence electrons. The molecule has 28 heavy (non-hydrogen) atoms. The molecule has 3 rings (SSSR count). The molecule has 0 unspecified atom stereocenters. The number of nitrogens with zero attached hydrogens (tertiary/aromatic N) is 5. The third kappa shape index (κ3) is 3.97. The van der Waals surface area contributed by atoms with Gasteiger partial charge in [-0.1, -0.05) is 24.3 Å². The first kappa shape index (κ1) is 18.6. The average Bonchev–Trinajstić information content (AvgIpc) is 3.19. The summed E-state index contributed by atoms with van der Waals surface area (Å²) in [4.78, 5) is 25.2. The van der Waals surface area contributed by atoms with Crippen molar-refractivity contribution in [1.29, 1.82) is 5.26 Å². The fourth-order valence-corrected chi connectivity index (χ4v) is 3.02. The van der Waals surface area contributed by atoms with Crippen LogP contribution in [0.15, 0.2) is 59.0 Å². The third-order valence-electron chi connectivity index (χ3n) is 3.55. The van der Waals surface area contributed by atoms with E-state index in [1.807, 2.05) is 6.07 Å². The van der Waals surface area contributed by atoms with Crippen LogP contribution < -0.4 is 5.43 Å². The number of nitro groups is 2. The third-order valence-corrected chi connectivity index (χ3v) is 4.40. The summed E-state index contributed by atoms with van der Waals surface area (Å²) in [6.45, 7) is 0. The van der Waals surface area contributed by atoms with Crippen LogP contribution in [0.2, 0.25) is 0 Å². The number of nitriles is 1. The molecular formula is C17H10N6O4S. The molecule has 0 saturated carbocycles. The Morgan fingerprint density at radius 2 is 1.93 bits per heavy atom. The number of anilines is 1. The highest BCUT2D eigenvalue weighted by molar-refractivity contribution is 7.12. The van der Waals surface area contributed by atoms with Crippen LogP contribution in [0.3, 0.4) is 0 Å². The van der Waals surface area contributed by atoms with Crippen LogP contribution in [0.1, 0.15) is 5.01 Å². The Hall–Kier alpha value is -4.17. The molecule has 0 aliphatic rings. The van der Waals surface area contributed by atoms with E-state index in [4.69, 9.17) is 0 Å². The summed E-state index contributed by atoms with van der Waals surface area (Å²) >= 11 is 1.13. The number of hydrogen-bond acceptors (Lipinski definition) is 9. The lowest BCUT2D eigenvalue weighted by molar-refractivity contribution is -0.384. The van der Waals surface area contributed by atoms with Gasteiger partial charge in [0.1, 0.15) is 11.8 Å². The van der Waals surface area contributed by atoms with E-state index < -0.39 is 9.85 Å². The molecule has 1 heterocycles. The van der Waals surface area contributed by atoms with E-state index in [1.165, 1.54) is 30.3 Å². The monoisotopic (exact) mass is 394 g/mol. The number of non-ortho nitro benzene ring substituents is 1. The van der Waals surface area contributed by atoms with Gasteiger partial charge in [0.2, 0.25) is 0 Å². The maximum atomic E-state index is 11.0. The van der Waals surface area contributed by atoms with Crippen molar-refractivity contribution in [1.82, 2.24) is 4.98 Å². The standard InChI is InChI=1S/C17H10N6O4S/c18-9-14(21-20-13-6-1-2-7-16(13)23(26)27)17-19-15(10-28-17)11-4-3-5-12(8-11)22(24)25/h1-8,10,20H/b21-14-. The quantitative estimate of drug-likeness (QED) is 0.378. The average molecular weight is 394 g/mol. The highest BCUT2D eigenvalue weighted by atomic mass is 32.1. The van der Waals surface area contributed by atoms with Crippen molar-refractivity contribution in [2.75, 3.05) is 5.43 Å². The van der Waals surface area contributed by atoms with Crippen LogP contribution in [0.5, 0.6) is 0 Å². The van der Waals surface area contributed by atoms with E-state index in [1.54, 1.807) is 23.6 Å². The first-order valence-corrected chi connectivity index (χ1v) is 8.55. The lowest BCUT2D eigenvalue weighted by Gasteiger charge is -2.01. The molecule has 3 aromatic rings. The molecule has 10 nitrogen and oxygen atoms in total. The van der Waals surface area contributed by atoms with Gasteiger partial charge in [0, 0.05) is 29.1 Å². The van der Waals surface area contributed by atoms with Gasteiger partial charge >= 0.3 is 0 Å². The second-order valence-electron chi connectivity index (χ2n) is 5.30. The highest BCUT2D eigenvalue weighted by Crippen LogP contribution is 2.26. The predicted molar refractivity (Wildman–Crippen MR) is 103 cm³/mol. The molecule has 0 aliphatic carbocycles. The molecule has 1 aromatic heterocycles. The van der Waals surface area contributed by atoms with E-state index >= 15 is 0 Å². The number of benzene rings is 2. The van der Waals surface area contributed by atoms with Crippen molar-refractivity contribution in [3.8, 4) is 17.3 Å². The van der Waals surface area contributed by atoms with Crippen molar-refractivity contribution in [3.05, 3.63) is 79.1 Å². The van der Waals surface area contributed by atoms with Gasteiger partial charge in [0.05, 0.1) is 15.5 Å². The zero-order valence-corrected chi connectivity index (χ0v) is 14.8. The van der Waals surface area contributed by atoms with E-state index in [9.17, 15) is 25.5 Å². The molecule has 2 aromatic carbocycles. The van der Waals surface area contributed by atoms with Gasteiger partial charge < -0.3 is 0 Å². The summed E-state index contributed by atoms with van der Waals surface area (Å²) in [6.07, 6.45) is 0. The van der Waals surface area contributed by atoms with Crippen LogP contribution in [0, 0.1) is 31.6 Å². The minimum absolute atomic E-state index is 0.0696. The van der Waals surface area contributed by atoms with Gasteiger partial charge in [0.25, 0.3) is 11.4 Å². The van der Waals surface area contributed by atoms with Crippen molar-refractivity contribution in [2.24, 2.45) is 5.10 Å². The topological polar surface area (TPSA) is 147 Å². The van der Waals surface area contributed by atoms with E-state index in [0.717, 1.165) is 11.3 Å². The Kier molecular flexibility index (Phi) is 5.33. The smallest absolute Gasteiger partial charge is 0.270 e. The van der Waals surface area contributed by atoms with Gasteiger partial charge in [-0.15, -0.1) is 11.3 Å². The second-order valence-corrected chi connectivity index (χ2v) is 6.16. The molecule has 0 bridgehead atoms. The summed E-state index contributed by atoms with van der Waals surface area (Å²) in [5.74, 6) is 0. The maximum absolute atomic E-state index is 11.0. The molecule has 0 radical (unpaired) electrons. The molecule has 0 amide bonds. The van der Waals surface area contributed by atoms with Crippen LogP contribution in [-0.2, 0) is 0 Å². The van der Waals surface area contributed by atoms with Gasteiger partial charge in [-0.3, -0.25) is 25.7 Å². The zero-order chi connectivity index (χ0) is 20.1. The van der Waals surface area contributed by atoms with Crippen molar-refractivity contribution >= 4 is 34.1 Å². The first-order valence-electron chi connectivity index (χ1n) is 7.67. The Bertz CT molecular complexity index is 1130. The molecule has 0 aliphatic heterocycles. The van der Waals surface area contributed by atoms with Crippen LogP contribution >= 0.6 is 11.3 Å². The minimum atomic E-state index is -0.562. The summed E-state index contributed by atoms with van der Waals surface area (Å²) in [5.41, 5.74) is 3.32. The number of hydrazone groups is 1. The SMILES string of the molecule is N#C/C(=N/Nc1ccccc1[N+](=O)[O-])c1nc(-c2cccc([N+](=O)[O-])c2)cs1. The van der Waals surface area contributed by atoms with Gasteiger partial charge in [-0.2, -0.15) is 10.4 Å². The van der Waals surface area contributed by atoms with Crippen LogP contribution in [-0.4, -0.2) is 20.5 Å². The van der Waals surface area contributed by atoms with Crippen LogP contribution in [0.25, 0.3) is 11.3 Å². The van der Waals surface area contributed by atoms with Crippen LogP contribution in [0.4, 0.5) is 17.1 Å². The number of thiazole rings is 1. The van der Waals surface area contributed by atoms with Gasteiger partial charge in [0.15, 0.2) is 10.7 Å². The summed E-state index contributed by atoms with van der Waals surface area (Å²) in [5, 5.41) is 37.1. The first-order chi connectivity index (χ1) is 13.5. The molecule has 11 heteroatoms. The Morgan fingerprint density at radius 1 is 1.14 bits per heavy atom. The highest BCUT2D eigenvalue weighted by Gasteiger charge is 2.15. The number of nitrogens with one attached hydrogen (secondary N) is 1. The van der Waals surface area contributed by atoms with Crippen molar-refractivity contribution in [3.63, 3.8) is 0 Å². The lowest BCUT2D eigenvalue weighted by atomic mass is 10.1. The number of para-hydroxylation sites is 2. The fraction of sp³-hybridized carbons (Fsp3) is 0. The van der Waals surface area contributed by atoms with E-state index in [2.05, 4.69) is 15.5 Å². The Morgan fingerprint density at radius 3 is 2.64 bits per heavy atom. The largest absolute Gasteiger partial charge is 0.294 e. The van der Waals surface area contributed by atoms with E-state index in [0.29, 0.717) is 11.3 Å². The second kappa shape index (κ2) is 8.02. The Labute approximate surface area is 161 Å². The number of rotatable bonds is 6. The van der Waals surface area contributed by atoms with Gasteiger partial charge in [-0.25, -0.2) is 4.98 Å². The Balaban J connectivity index is 1.88. The van der Waals surface area contributed by atoms with Crippen molar-refractivity contribution in [2.45, 2.75) is 0 Å². The van der Waals surface area contributed by atoms with Gasteiger partial charge in [-0.05, 0) is 6.07 Å². The number of aromatic nitrogens is 1. The summed E-state index contributed by atoms with van der Waals surface area (Å²) in [6, 6.07) is 13.7. The predicted octanol–water partition coefficient (Wildman–Crippen LogP) is 3.97. The molecule has 0 atom stereocenters. The minimum Gasteiger partial charge on any atom is -0.270 e. The molecule has 0 fully saturated rings. The summed E-state index contributed by atoms with van der Waals surface area (Å²) < 4.78 is 0. The zero-order valence-electron chi connectivity index (χ0n) is 14.0. The normalized spacial score (nSPS) is 10.9. The lowest BCUT2D eigenvalue weighted by Crippen LogP contribution is -2.03. The summed E-state index contributed by atoms with van der Waals surface area (Å²) in [7, 11) is 0. The van der Waals surface area contributed by atoms with Crippen molar-refractivity contribution < 1.29 is 9.85 Å². The number of nitro benzene ring substituents is 2.